The van der Waals surface area contributed by atoms with E-state index in [1.54, 1.807) is 7.11 Å². The maximum atomic E-state index is 11.7. The summed E-state index contributed by atoms with van der Waals surface area (Å²) in [6.07, 6.45) is 1.42. The molecule has 2 aromatic carbocycles. The van der Waals surface area contributed by atoms with E-state index in [0.29, 0.717) is 13.0 Å². The lowest BCUT2D eigenvalue weighted by atomic mass is 10.0. The van der Waals surface area contributed by atoms with E-state index >= 15 is 0 Å². The highest BCUT2D eigenvalue weighted by molar-refractivity contribution is 5.75. The molecule has 2 N–H and O–H groups in total. The molecule has 2 rings (SSSR count). The maximum absolute atomic E-state index is 11.7. The Bertz CT molecular complexity index is 624. The maximum Gasteiger partial charge on any atom is 0.220 e. The number of hydrogen-bond donors (Lipinski definition) is 2. The van der Waals surface area contributed by atoms with Gasteiger partial charge < -0.3 is 15.4 Å². The molecule has 23 heavy (non-hydrogen) atoms. The predicted molar refractivity (Wildman–Crippen MR) is 93.4 cm³/mol. The summed E-state index contributed by atoms with van der Waals surface area (Å²) in [5.41, 5.74) is 3.35. The smallest absolute Gasteiger partial charge is 0.220 e. The Hall–Kier alpha value is -2.33. The highest BCUT2D eigenvalue weighted by Crippen LogP contribution is 2.23. The fraction of sp³-hybridized carbons (Fsp3) is 0.316. The minimum absolute atomic E-state index is 0.0946. The second-order valence-electron chi connectivity index (χ2n) is 5.41. The average Bonchev–Trinajstić information content (AvgIpc) is 2.60. The summed E-state index contributed by atoms with van der Waals surface area (Å²) in [7, 11) is 3.56. The summed E-state index contributed by atoms with van der Waals surface area (Å²) in [4.78, 5) is 11.7. The lowest BCUT2D eigenvalue weighted by molar-refractivity contribution is -0.121. The van der Waals surface area contributed by atoms with Crippen molar-refractivity contribution in [1.82, 2.24) is 10.6 Å². The lowest BCUT2D eigenvalue weighted by Gasteiger charge is -2.08. The summed E-state index contributed by atoms with van der Waals surface area (Å²) >= 11 is 0. The monoisotopic (exact) mass is 312 g/mol. The first kappa shape index (κ1) is 17.0. The number of hydrogen-bond acceptors (Lipinski definition) is 3. The molecule has 0 fully saturated rings. The van der Waals surface area contributed by atoms with Crippen molar-refractivity contribution in [2.45, 2.75) is 19.4 Å². The quantitative estimate of drug-likeness (QED) is 0.737. The van der Waals surface area contributed by atoms with Crippen LogP contribution in [0.2, 0.25) is 0 Å². The molecule has 0 aliphatic carbocycles. The predicted octanol–water partition coefficient (Wildman–Crippen LogP) is 2.98. The van der Waals surface area contributed by atoms with E-state index in [-0.39, 0.29) is 5.91 Å². The standard InChI is InChI=1S/C19H24N2O2/c1-20-12-4-7-19(22)21-14-15-8-10-16(11-9-15)17-5-3-6-18(13-17)23-2/h3,5-6,8-11,13,20H,4,7,12,14H2,1-2H3,(H,21,22). The van der Waals surface area contributed by atoms with Gasteiger partial charge in [-0.25, -0.2) is 0 Å². The number of nitrogens with one attached hydrogen (secondary N) is 2. The first-order valence-electron chi connectivity index (χ1n) is 7.87. The first-order valence-corrected chi connectivity index (χ1v) is 7.87. The number of rotatable bonds is 8. The Morgan fingerprint density at radius 3 is 2.57 bits per heavy atom. The molecule has 2 aromatic rings. The Balaban J connectivity index is 1.90. The number of benzene rings is 2. The molecule has 0 aromatic heterocycles. The van der Waals surface area contributed by atoms with E-state index in [1.165, 1.54) is 0 Å². The van der Waals surface area contributed by atoms with Crippen molar-refractivity contribution in [2.75, 3.05) is 20.7 Å². The van der Waals surface area contributed by atoms with Gasteiger partial charge in [0.2, 0.25) is 5.91 Å². The molecule has 0 aliphatic rings. The summed E-state index contributed by atoms with van der Waals surface area (Å²) < 4.78 is 5.25. The minimum Gasteiger partial charge on any atom is -0.497 e. The molecule has 0 radical (unpaired) electrons. The summed E-state index contributed by atoms with van der Waals surface area (Å²) in [5.74, 6) is 0.942. The van der Waals surface area contributed by atoms with Crippen molar-refractivity contribution >= 4 is 5.91 Å². The topological polar surface area (TPSA) is 50.4 Å². The van der Waals surface area contributed by atoms with E-state index < -0.39 is 0 Å². The van der Waals surface area contributed by atoms with Crippen molar-refractivity contribution in [3.8, 4) is 16.9 Å². The third kappa shape index (κ3) is 5.42. The third-order valence-corrected chi connectivity index (χ3v) is 3.68. The SMILES string of the molecule is CNCCCC(=O)NCc1ccc(-c2cccc(OC)c2)cc1. The van der Waals surface area contributed by atoms with E-state index in [0.717, 1.165) is 35.4 Å². The van der Waals surface area contributed by atoms with Crippen LogP contribution in [0.5, 0.6) is 5.75 Å². The third-order valence-electron chi connectivity index (χ3n) is 3.68. The van der Waals surface area contributed by atoms with Gasteiger partial charge in [-0.15, -0.1) is 0 Å². The van der Waals surface area contributed by atoms with Crippen LogP contribution in [0, 0.1) is 0 Å². The Morgan fingerprint density at radius 2 is 1.87 bits per heavy atom. The highest BCUT2D eigenvalue weighted by atomic mass is 16.5. The molecular weight excluding hydrogens is 288 g/mol. The molecule has 0 unspecified atom stereocenters. The molecule has 0 spiro atoms. The molecule has 0 saturated carbocycles. The van der Waals surface area contributed by atoms with Crippen molar-refractivity contribution in [1.29, 1.82) is 0 Å². The second-order valence-corrected chi connectivity index (χ2v) is 5.41. The van der Waals surface area contributed by atoms with Crippen LogP contribution in [0.3, 0.4) is 0 Å². The number of carbonyl (C=O) groups is 1. The average molecular weight is 312 g/mol. The molecular formula is C19H24N2O2. The Labute approximate surface area is 137 Å². The van der Waals surface area contributed by atoms with Crippen LogP contribution >= 0.6 is 0 Å². The van der Waals surface area contributed by atoms with Gasteiger partial charge in [-0.3, -0.25) is 4.79 Å². The summed E-state index contributed by atoms with van der Waals surface area (Å²) in [5, 5.41) is 5.99. The minimum atomic E-state index is 0.0946. The fourth-order valence-corrected chi connectivity index (χ4v) is 2.33. The second kappa shape index (κ2) is 8.96. The zero-order chi connectivity index (χ0) is 16.5. The molecule has 122 valence electrons. The van der Waals surface area contributed by atoms with Gasteiger partial charge >= 0.3 is 0 Å². The van der Waals surface area contributed by atoms with Crippen molar-refractivity contribution in [3.63, 3.8) is 0 Å². The van der Waals surface area contributed by atoms with Crippen LogP contribution in [0.4, 0.5) is 0 Å². The van der Waals surface area contributed by atoms with E-state index in [2.05, 4.69) is 28.8 Å². The van der Waals surface area contributed by atoms with Crippen LogP contribution in [0.1, 0.15) is 18.4 Å². The molecule has 0 bridgehead atoms. The van der Waals surface area contributed by atoms with Crippen LogP contribution in [0.15, 0.2) is 48.5 Å². The van der Waals surface area contributed by atoms with Crippen molar-refractivity contribution in [3.05, 3.63) is 54.1 Å². The zero-order valence-corrected chi connectivity index (χ0v) is 13.8. The van der Waals surface area contributed by atoms with Crippen LogP contribution in [-0.2, 0) is 11.3 Å². The summed E-state index contributed by atoms with van der Waals surface area (Å²) in [6, 6.07) is 16.2. The van der Waals surface area contributed by atoms with Crippen LogP contribution in [-0.4, -0.2) is 26.6 Å². The Morgan fingerprint density at radius 1 is 1.09 bits per heavy atom. The van der Waals surface area contributed by atoms with Crippen molar-refractivity contribution in [2.24, 2.45) is 0 Å². The van der Waals surface area contributed by atoms with Gasteiger partial charge in [0, 0.05) is 13.0 Å². The van der Waals surface area contributed by atoms with Gasteiger partial charge in [0.1, 0.15) is 5.75 Å². The number of ether oxygens (including phenoxy) is 1. The van der Waals surface area contributed by atoms with Gasteiger partial charge in [0.25, 0.3) is 0 Å². The molecule has 0 saturated heterocycles. The van der Waals surface area contributed by atoms with Gasteiger partial charge in [-0.2, -0.15) is 0 Å². The largest absolute Gasteiger partial charge is 0.497 e. The van der Waals surface area contributed by atoms with Gasteiger partial charge in [0.15, 0.2) is 0 Å². The van der Waals surface area contributed by atoms with Crippen LogP contribution < -0.4 is 15.4 Å². The van der Waals surface area contributed by atoms with E-state index in [4.69, 9.17) is 4.74 Å². The highest BCUT2D eigenvalue weighted by Gasteiger charge is 2.03. The first-order chi connectivity index (χ1) is 11.2. The molecule has 0 atom stereocenters. The number of amides is 1. The molecule has 1 amide bonds. The molecule has 0 heterocycles. The van der Waals surface area contributed by atoms with Gasteiger partial charge in [0.05, 0.1) is 7.11 Å². The zero-order valence-electron chi connectivity index (χ0n) is 13.8. The van der Waals surface area contributed by atoms with E-state index in [1.807, 2.05) is 37.4 Å². The van der Waals surface area contributed by atoms with Gasteiger partial charge in [-0.05, 0) is 48.8 Å². The molecule has 0 aliphatic heterocycles. The van der Waals surface area contributed by atoms with Crippen LogP contribution in [0.25, 0.3) is 11.1 Å². The summed E-state index contributed by atoms with van der Waals surface area (Å²) in [6.45, 7) is 1.43. The molecule has 4 heteroatoms. The number of carbonyl (C=O) groups excluding carboxylic acids is 1. The lowest BCUT2D eigenvalue weighted by Crippen LogP contribution is -2.23. The fourth-order valence-electron chi connectivity index (χ4n) is 2.33. The normalized spacial score (nSPS) is 10.3. The Kier molecular flexibility index (Phi) is 6.63. The van der Waals surface area contributed by atoms with E-state index in [9.17, 15) is 4.79 Å². The van der Waals surface area contributed by atoms with Crippen molar-refractivity contribution < 1.29 is 9.53 Å². The number of methoxy groups -OCH3 is 1. The van der Waals surface area contributed by atoms with Gasteiger partial charge in [-0.1, -0.05) is 36.4 Å². The molecule has 4 nitrogen and oxygen atoms in total.